The van der Waals surface area contributed by atoms with Gasteiger partial charge in [-0.1, -0.05) is 18.2 Å². The Labute approximate surface area is 151 Å². The number of phenols is 1. The molecule has 0 bridgehead atoms. The minimum absolute atomic E-state index is 0.0192. The van der Waals surface area contributed by atoms with E-state index < -0.39 is 17.8 Å². The Morgan fingerprint density at radius 1 is 1.12 bits per heavy atom. The van der Waals surface area contributed by atoms with Crippen molar-refractivity contribution < 1.29 is 29.3 Å². The topological polar surface area (TPSA) is 105 Å². The molecule has 2 aromatic carbocycles. The number of ether oxygens (including phenoxy) is 2. The van der Waals surface area contributed by atoms with Crippen molar-refractivity contribution in [3.05, 3.63) is 53.6 Å². The van der Waals surface area contributed by atoms with Crippen molar-refractivity contribution in [1.82, 2.24) is 5.32 Å². The van der Waals surface area contributed by atoms with E-state index in [1.807, 2.05) is 0 Å². The number of benzene rings is 2. The zero-order chi connectivity index (χ0) is 19.1. The molecule has 7 nitrogen and oxygen atoms in total. The summed E-state index contributed by atoms with van der Waals surface area (Å²) in [5.41, 5.74) is 0.756. The number of hydrogen-bond acceptors (Lipinski definition) is 5. The van der Waals surface area contributed by atoms with Crippen LogP contribution in [-0.2, 0) is 11.2 Å². The molecule has 0 aliphatic heterocycles. The van der Waals surface area contributed by atoms with Crippen molar-refractivity contribution >= 4 is 11.9 Å². The number of carbonyl (C=O) groups excluding carboxylic acids is 1. The van der Waals surface area contributed by atoms with Crippen LogP contribution in [0.4, 0.5) is 0 Å². The first-order chi connectivity index (χ1) is 12.5. The highest BCUT2D eigenvalue weighted by Crippen LogP contribution is 2.23. The second-order valence-electron chi connectivity index (χ2n) is 5.64. The highest BCUT2D eigenvalue weighted by molar-refractivity contribution is 5.97. The van der Waals surface area contributed by atoms with E-state index in [1.54, 1.807) is 24.3 Å². The molecule has 0 saturated carbocycles. The quantitative estimate of drug-likeness (QED) is 0.666. The van der Waals surface area contributed by atoms with Crippen LogP contribution in [0.3, 0.4) is 0 Å². The molecule has 0 radical (unpaired) electrons. The van der Waals surface area contributed by atoms with Gasteiger partial charge in [-0.2, -0.15) is 0 Å². The average Bonchev–Trinajstić information content (AvgIpc) is 2.65. The fourth-order valence-corrected chi connectivity index (χ4v) is 2.52. The highest BCUT2D eigenvalue weighted by atomic mass is 16.5. The third-order valence-corrected chi connectivity index (χ3v) is 3.97. The fourth-order valence-electron chi connectivity index (χ4n) is 2.52. The largest absolute Gasteiger partial charge is 0.507 e. The molecule has 0 heterocycles. The van der Waals surface area contributed by atoms with Crippen LogP contribution >= 0.6 is 0 Å². The maximum absolute atomic E-state index is 12.3. The normalized spacial score (nSPS) is 11.5. The van der Waals surface area contributed by atoms with Gasteiger partial charge in [0.1, 0.15) is 17.2 Å². The minimum Gasteiger partial charge on any atom is -0.507 e. The summed E-state index contributed by atoms with van der Waals surface area (Å²) in [7, 11) is 2.96. The predicted molar refractivity (Wildman–Crippen MR) is 94.8 cm³/mol. The molecule has 1 amide bonds. The Bertz CT molecular complexity index is 789. The van der Waals surface area contributed by atoms with E-state index in [1.165, 1.54) is 32.4 Å². The summed E-state index contributed by atoms with van der Waals surface area (Å²) < 4.78 is 10.3. The molecule has 0 aromatic heterocycles. The third-order valence-electron chi connectivity index (χ3n) is 3.97. The minimum atomic E-state index is -1.04. The Balaban J connectivity index is 2.09. The number of aromatic hydroxyl groups is 1. The van der Waals surface area contributed by atoms with E-state index in [2.05, 4.69) is 5.32 Å². The zero-order valence-electron chi connectivity index (χ0n) is 14.6. The SMILES string of the molecule is COc1ccc(O)c(C(=O)NCC(Cc2ccccc2OC)C(=O)O)c1. The molecule has 0 aliphatic carbocycles. The summed E-state index contributed by atoms with van der Waals surface area (Å²) in [6.45, 7) is -0.0944. The highest BCUT2D eigenvalue weighted by Gasteiger charge is 2.22. The van der Waals surface area contributed by atoms with Gasteiger partial charge in [0, 0.05) is 6.54 Å². The Kier molecular flexibility index (Phi) is 6.43. The van der Waals surface area contributed by atoms with Gasteiger partial charge in [0.25, 0.3) is 5.91 Å². The number of amides is 1. The number of methoxy groups -OCH3 is 2. The van der Waals surface area contributed by atoms with Crippen LogP contribution in [0.25, 0.3) is 0 Å². The molecule has 0 fully saturated rings. The standard InChI is InChI=1S/C19H21NO6/c1-25-14-7-8-16(21)15(10-14)18(22)20-11-13(19(23)24)9-12-5-3-4-6-17(12)26-2/h3-8,10,13,21H,9,11H2,1-2H3,(H,20,22)(H,23,24). The van der Waals surface area contributed by atoms with Crippen LogP contribution in [0.2, 0.25) is 0 Å². The lowest BCUT2D eigenvalue weighted by Gasteiger charge is -2.16. The number of carbonyl (C=O) groups is 2. The van der Waals surface area contributed by atoms with E-state index in [0.29, 0.717) is 11.5 Å². The van der Waals surface area contributed by atoms with Gasteiger partial charge in [-0.3, -0.25) is 9.59 Å². The summed E-state index contributed by atoms with van der Waals surface area (Å²) in [6.07, 6.45) is 0.198. The van der Waals surface area contributed by atoms with Gasteiger partial charge in [-0.05, 0) is 36.2 Å². The molecule has 0 spiro atoms. The zero-order valence-corrected chi connectivity index (χ0v) is 14.6. The van der Waals surface area contributed by atoms with Gasteiger partial charge >= 0.3 is 5.97 Å². The molecular formula is C19H21NO6. The van der Waals surface area contributed by atoms with Gasteiger partial charge in [0.2, 0.25) is 0 Å². The number of carboxylic acid groups (broad SMARTS) is 1. The van der Waals surface area contributed by atoms with Gasteiger partial charge in [-0.25, -0.2) is 0 Å². The molecule has 0 saturated heterocycles. The maximum Gasteiger partial charge on any atom is 0.308 e. The van der Waals surface area contributed by atoms with E-state index >= 15 is 0 Å². The molecule has 1 unspecified atom stereocenters. The summed E-state index contributed by atoms with van der Waals surface area (Å²) >= 11 is 0. The fraction of sp³-hybridized carbons (Fsp3) is 0.263. The van der Waals surface area contributed by atoms with Crippen molar-refractivity contribution in [2.75, 3.05) is 20.8 Å². The number of nitrogens with one attached hydrogen (secondary N) is 1. The lowest BCUT2D eigenvalue weighted by Crippen LogP contribution is -2.34. The van der Waals surface area contributed by atoms with E-state index in [0.717, 1.165) is 5.56 Å². The van der Waals surface area contributed by atoms with Crippen molar-refractivity contribution in [3.63, 3.8) is 0 Å². The van der Waals surface area contributed by atoms with Crippen molar-refractivity contribution in [2.24, 2.45) is 5.92 Å². The van der Waals surface area contributed by atoms with Crippen LogP contribution in [-0.4, -0.2) is 42.9 Å². The Hall–Kier alpha value is -3.22. The lowest BCUT2D eigenvalue weighted by molar-refractivity contribution is -0.141. The second kappa shape index (κ2) is 8.75. The summed E-state index contributed by atoms with van der Waals surface area (Å²) in [5, 5.41) is 21.8. The smallest absolute Gasteiger partial charge is 0.308 e. The molecule has 1 atom stereocenters. The number of phenolic OH excluding ortho intramolecular Hbond substituents is 1. The van der Waals surface area contributed by atoms with E-state index in [4.69, 9.17) is 9.47 Å². The van der Waals surface area contributed by atoms with Crippen LogP contribution in [0.5, 0.6) is 17.2 Å². The predicted octanol–water partition coefficient (Wildman–Crippen LogP) is 2.08. The molecule has 138 valence electrons. The summed E-state index contributed by atoms with van der Waals surface area (Å²) in [5.74, 6) is -1.66. The number of para-hydroxylation sites is 1. The van der Waals surface area contributed by atoms with Crippen molar-refractivity contribution in [2.45, 2.75) is 6.42 Å². The van der Waals surface area contributed by atoms with Gasteiger partial charge in [0.05, 0.1) is 25.7 Å². The monoisotopic (exact) mass is 359 g/mol. The van der Waals surface area contributed by atoms with Gasteiger partial charge in [-0.15, -0.1) is 0 Å². The number of aliphatic carboxylic acids is 1. The second-order valence-corrected chi connectivity index (χ2v) is 5.64. The van der Waals surface area contributed by atoms with E-state index in [9.17, 15) is 19.8 Å². The molecular weight excluding hydrogens is 338 g/mol. The van der Waals surface area contributed by atoms with Gasteiger partial charge < -0.3 is 25.0 Å². The van der Waals surface area contributed by atoms with Crippen molar-refractivity contribution in [3.8, 4) is 17.2 Å². The van der Waals surface area contributed by atoms with Crippen LogP contribution in [0.1, 0.15) is 15.9 Å². The summed E-state index contributed by atoms with van der Waals surface area (Å²) in [4.78, 5) is 23.9. The lowest BCUT2D eigenvalue weighted by atomic mass is 9.98. The first-order valence-electron chi connectivity index (χ1n) is 7.96. The molecule has 2 aromatic rings. The molecule has 7 heteroatoms. The first-order valence-corrected chi connectivity index (χ1v) is 7.96. The van der Waals surface area contributed by atoms with Crippen LogP contribution < -0.4 is 14.8 Å². The molecule has 0 aliphatic rings. The molecule has 26 heavy (non-hydrogen) atoms. The van der Waals surface area contributed by atoms with E-state index in [-0.39, 0.29) is 24.3 Å². The average molecular weight is 359 g/mol. The maximum atomic E-state index is 12.3. The third kappa shape index (κ3) is 4.66. The van der Waals surface area contributed by atoms with Crippen LogP contribution in [0.15, 0.2) is 42.5 Å². The first kappa shape index (κ1) is 19.1. The molecule has 2 rings (SSSR count). The van der Waals surface area contributed by atoms with Gasteiger partial charge in [0.15, 0.2) is 0 Å². The Morgan fingerprint density at radius 2 is 1.85 bits per heavy atom. The Morgan fingerprint density at radius 3 is 2.50 bits per heavy atom. The van der Waals surface area contributed by atoms with Crippen LogP contribution in [0, 0.1) is 5.92 Å². The molecule has 3 N–H and O–H groups in total. The number of carboxylic acids is 1. The number of hydrogen-bond donors (Lipinski definition) is 3. The van der Waals surface area contributed by atoms with Crippen molar-refractivity contribution in [1.29, 1.82) is 0 Å². The summed E-state index contributed by atoms with van der Waals surface area (Å²) in [6, 6.07) is 11.4. The number of rotatable bonds is 8.